The van der Waals surface area contributed by atoms with Gasteiger partial charge in [0.2, 0.25) is 5.91 Å². The van der Waals surface area contributed by atoms with Crippen LogP contribution in [0.2, 0.25) is 5.02 Å². The number of amides is 1. The first-order valence-electron chi connectivity index (χ1n) is 10.7. The van der Waals surface area contributed by atoms with Gasteiger partial charge in [-0.25, -0.2) is 0 Å². The number of hydrogen-bond acceptors (Lipinski definition) is 6. The van der Waals surface area contributed by atoms with Crippen LogP contribution in [0.15, 0.2) is 92.2 Å². The molecule has 1 aliphatic heterocycles. The quantitative estimate of drug-likeness (QED) is 0.330. The summed E-state index contributed by atoms with van der Waals surface area (Å²) in [7, 11) is 1.54. The van der Waals surface area contributed by atoms with Crippen molar-refractivity contribution < 1.29 is 9.53 Å². The van der Waals surface area contributed by atoms with Crippen LogP contribution in [0.3, 0.4) is 0 Å². The third-order valence-electron chi connectivity index (χ3n) is 5.60. The standard InChI is InChI=1S/C26H19ClN2O4S2/c1-33-20-8-4-2-6-17(20)23-15-25(31)28(26(32)35-23)13-12-24(30)29-18-7-3-5-9-21(18)34-22-11-10-16(27)14-19(22)29/h2-11,14-15H,12-13H2,1H3. The van der Waals surface area contributed by atoms with E-state index in [1.165, 1.54) is 13.2 Å². The van der Waals surface area contributed by atoms with Crippen molar-refractivity contribution in [2.75, 3.05) is 12.0 Å². The van der Waals surface area contributed by atoms with Crippen LogP contribution in [0.4, 0.5) is 11.4 Å². The Kier molecular flexibility index (Phi) is 6.51. The number of methoxy groups -OCH3 is 1. The van der Waals surface area contributed by atoms with Gasteiger partial charge in [0.25, 0.3) is 5.56 Å². The average Bonchev–Trinajstić information content (AvgIpc) is 2.86. The van der Waals surface area contributed by atoms with Crippen molar-refractivity contribution >= 4 is 52.0 Å². The Hall–Kier alpha value is -3.33. The lowest BCUT2D eigenvalue weighted by atomic mass is 10.1. The first-order chi connectivity index (χ1) is 17.0. The predicted octanol–water partition coefficient (Wildman–Crippen LogP) is 5.82. The number of carbonyl (C=O) groups excluding carboxylic acids is 1. The maximum absolute atomic E-state index is 13.4. The molecule has 0 fully saturated rings. The highest BCUT2D eigenvalue weighted by Crippen LogP contribution is 2.49. The zero-order valence-corrected chi connectivity index (χ0v) is 21.0. The van der Waals surface area contributed by atoms with Crippen molar-refractivity contribution in [3.05, 3.63) is 97.8 Å². The molecular formula is C26H19ClN2O4S2. The number of rotatable bonds is 5. The lowest BCUT2D eigenvalue weighted by molar-refractivity contribution is -0.118. The molecule has 0 saturated carbocycles. The molecule has 5 rings (SSSR count). The monoisotopic (exact) mass is 522 g/mol. The molecule has 0 aliphatic carbocycles. The molecule has 0 N–H and O–H groups in total. The third kappa shape index (κ3) is 4.52. The predicted molar refractivity (Wildman–Crippen MR) is 141 cm³/mol. The van der Waals surface area contributed by atoms with Crippen LogP contribution in [-0.4, -0.2) is 17.6 Å². The minimum absolute atomic E-state index is 0.0269. The number of benzene rings is 3. The van der Waals surface area contributed by atoms with E-state index in [4.69, 9.17) is 16.3 Å². The summed E-state index contributed by atoms with van der Waals surface area (Å²) in [6, 6.07) is 21.7. The summed E-state index contributed by atoms with van der Waals surface area (Å²) < 4.78 is 6.46. The van der Waals surface area contributed by atoms with Gasteiger partial charge >= 0.3 is 4.87 Å². The number of hydrogen-bond donors (Lipinski definition) is 0. The smallest absolute Gasteiger partial charge is 0.310 e. The van der Waals surface area contributed by atoms with Crippen LogP contribution in [0.1, 0.15) is 6.42 Å². The van der Waals surface area contributed by atoms with E-state index in [0.717, 1.165) is 31.4 Å². The summed E-state index contributed by atoms with van der Waals surface area (Å²) in [4.78, 5) is 42.7. The van der Waals surface area contributed by atoms with Gasteiger partial charge in [-0.1, -0.05) is 59.0 Å². The molecule has 4 aromatic rings. The Morgan fingerprint density at radius 3 is 2.49 bits per heavy atom. The van der Waals surface area contributed by atoms with Gasteiger partial charge in [0.15, 0.2) is 0 Å². The number of aromatic nitrogens is 1. The van der Waals surface area contributed by atoms with Gasteiger partial charge in [-0.3, -0.25) is 23.9 Å². The zero-order valence-electron chi connectivity index (χ0n) is 18.6. The highest BCUT2D eigenvalue weighted by molar-refractivity contribution is 7.99. The van der Waals surface area contributed by atoms with Gasteiger partial charge in [0.1, 0.15) is 5.75 Å². The number of nitrogens with zero attached hydrogens (tertiary/aromatic N) is 2. The van der Waals surface area contributed by atoms with Crippen molar-refractivity contribution in [3.63, 3.8) is 0 Å². The summed E-state index contributed by atoms with van der Waals surface area (Å²) in [5.74, 6) is 0.348. The molecule has 3 aromatic carbocycles. The average molecular weight is 523 g/mol. The van der Waals surface area contributed by atoms with Crippen LogP contribution in [0.5, 0.6) is 5.75 Å². The van der Waals surface area contributed by atoms with Gasteiger partial charge in [0, 0.05) is 44.3 Å². The Bertz CT molecular complexity index is 1530. The minimum Gasteiger partial charge on any atom is -0.496 e. The summed E-state index contributed by atoms with van der Waals surface area (Å²) in [6.45, 7) is -0.0269. The minimum atomic E-state index is -0.458. The van der Waals surface area contributed by atoms with Crippen LogP contribution >= 0.6 is 34.7 Å². The Morgan fingerprint density at radius 1 is 0.943 bits per heavy atom. The molecule has 1 aliphatic rings. The summed E-state index contributed by atoms with van der Waals surface area (Å²) in [5, 5.41) is 0.522. The van der Waals surface area contributed by atoms with E-state index < -0.39 is 10.4 Å². The van der Waals surface area contributed by atoms with Gasteiger partial charge in [0.05, 0.1) is 18.5 Å². The SMILES string of the molecule is COc1ccccc1-c1cc(=O)n(CCC(=O)N2c3ccccc3Sc3ccc(Cl)cc32)c(=O)s1. The molecular weight excluding hydrogens is 504 g/mol. The summed E-state index contributed by atoms with van der Waals surface area (Å²) in [6.07, 6.45) is -0.0270. The maximum atomic E-state index is 13.4. The molecule has 0 spiro atoms. The van der Waals surface area contributed by atoms with E-state index >= 15 is 0 Å². The Morgan fingerprint density at radius 2 is 1.69 bits per heavy atom. The van der Waals surface area contributed by atoms with Gasteiger partial charge < -0.3 is 4.74 Å². The second kappa shape index (κ2) is 9.73. The van der Waals surface area contributed by atoms with E-state index in [2.05, 4.69) is 0 Å². The molecule has 9 heteroatoms. The van der Waals surface area contributed by atoms with Gasteiger partial charge in [-0.2, -0.15) is 0 Å². The molecule has 0 bridgehead atoms. The molecule has 35 heavy (non-hydrogen) atoms. The highest BCUT2D eigenvalue weighted by Gasteiger charge is 2.28. The molecule has 1 aromatic heterocycles. The first kappa shape index (κ1) is 23.4. The molecule has 6 nitrogen and oxygen atoms in total. The van der Waals surface area contributed by atoms with Crippen molar-refractivity contribution in [1.82, 2.24) is 4.57 Å². The summed E-state index contributed by atoms with van der Waals surface area (Å²) in [5.41, 5.74) is 1.66. The highest BCUT2D eigenvalue weighted by atomic mass is 35.5. The largest absolute Gasteiger partial charge is 0.496 e. The van der Waals surface area contributed by atoms with E-state index in [0.29, 0.717) is 26.9 Å². The van der Waals surface area contributed by atoms with Gasteiger partial charge in [-0.15, -0.1) is 0 Å². The zero-order chi connectivity index (χ0) is 24.5. The summed E-state index contributed by atoms with van der Waals surface area (Å²) >= 11 is 8.75. The molecule has 2 heterocycles. The van der Waals surface area contributed by atoms with Gasteiger partial charge in [-0.05, 0) is 42.5 Å². The third-order valence-corrected chi connectivity index (χ3v) is 7.92. The Balaban J connectivity index is 1.44. The second-order valence-corrected chi connectivity index (χ2v) is 10.2. The fourth-order valence-corrected chi connectivity index (χ4v) is 6.08. The van der Waals surface area contributed by atoms with Crippen LogP contribution in [0, 0.1) is 0 Å². The Labute approximate surface area is 214 Å². The number of carbonyl (C=O) groups is 1. The lowest BCUT2D eigenvalue weighted by Gasteiger charge is -2.31. The van der Waals surface area contributed by atoms with Crippen molar-refractivity contribution in [3.8, 4) is 16.2 Å². The molecule has 176 valence electrons. The van der Waals surface area contributed by atoms with E-state index in [-0.39, 0.29) is 18.9 Å². The normalized spacial score (nSPS) is 12.1. The number of para-hydroxylation sites is 2. The second-order valence-electron chi connectivity index (χ2n) is 7.73. The van der Waals surface area contributed by atoms with Crippen LogP contribution in [-0.2, 0) is 11.3 Å². The van der Waals surface area contributed by atoms with Crippen molar-refractivity contribution in [2.24, 2.45) is 0 Å². The molecule has 1 amide bonds. The van der Waals surface area contributed by atoms with Crippen molar-refractivity contribution in [1.29, 1.82) is 0 Å². The van der Waals surface area contributed by atoms with E-state index in [1.54, 1.807) is 40.9 Å². The number of anilines is 2. The molecule has 0 radical (unpaired) electrons. The lowest BCUT2D eigenvalue weighted by Crippen LogP contribution is -2.34. The maximum Gasteiger partial charge on any atom is 0.310 e. The topological polar surface area (TPSA) is 68.6 Å². The fourth-order valence-electron chi connectivity index (χ4n) is 3.96. The number of ether oxygens (including phenoxy) is 1. The van der Waals surface area contributed by atoms with Crippen molar-refractivity contribution in [2.45, 2.75) is 22.8 Å². The van der Waals surface area contributed by atoms with E-state index in [9.17, 15) is 14.4 Å². The molecule has 0 atom stereocenters. The number of halogens is 1. The van der Waals surface area contributed by atoms with Crippen LogP contribution < -0.4 is 20.1 Å². The van der Waals surface area contributed by atoms with E-state index in [1.807, 2.05) is 42.5 Å². The first-order valence-corrected chi connectivity index (χ1v) is 12.7. The number of fused-ring (bicyclic) bond motifs is 2. The fraction of sp³-hybridized carbons (Fsp3) is 0.115. The molecule has 0 unspecified atom stereocenters. The van der Waals surface area contributed by atoms with Crippen LogP contribution in [0.25, 0.3) is 10.4 Å². The molecule has 0 saturated heterocycles.